The molecule has 0 bridgehead atoms. The van der Waals surface area contributed by atoms with E-state index in [1.54, 1.807) is 19.1 Å². The van der Waals surface area contributed by atoms with Gasteiger partial charge < -0.3 is 5.32 Å². The molecule has 0 radical (unpaired) electrons. The molecular formula is C28H22N2O3. The van der Waals surface area contributed by atoms with E-state index >= 15 is 0 Å². The van der Waals surface area contributed by atoms with Crippen molar-refractivity contribution >= 4 is 28.5 Å². The summed E-state index contributed by atoms with van der Waals surface area (Å²) in [5.74, 6) is -0.724. The molecule has 1 atom stereocenters. The zero-order valence-electron chi connectivity index (χ0n) is 18.1. The molecule has 1 fully saturated rings. The van der Waals surface area contributed by atoms with Crippen LogP contribution in [0.15, 0.2) is 97.1 Å². The number of amides is 3. The number of fused-ring (bicyclic) bond motifs is 1. The first kappa shape index (κ1) is 20.6. The maximum Gasteiger partial charge on any atom is 0.325 e. The van der Waals surface area contributed by atoms with Gasteiger partial charge in [0.05, 0.1) is 6.54 Å². The van der Waals surface area contributed by atoms with Crippen molar-refractivity contribution in [1.82, 2.24) is 10.2 Å². The third kappa shape index (κ3) is 3.57. The average Bonchev–Trinajstić information content (AvgIpc) is 3.08. The van der Waals surface area contributed by atoms with Gasteiger partial charge in [-0.2, -0.15) is 0 Å². The van der Waals surface area contributed by atoms with Gasteiger partial charge in [-0.15, -0.1) is 0 Å². The molecule has 1 aliphatic heterocycles. The fourth-order valence-corrected chi connectivity index (χ4v) is 4.40. The molecule has 1 saturated heterocycles. The fourth-order valence-electron chi connectivity index (χ4n) is 4.40. The predicted octanol–water partition coefficient (Wildman–Crippen LogP) is 5.16. The molecule has 1 N–H and O–H groups in total. The Balaban J connectivity index is 1.39. The molecule has 5 heteroatoms. The molecule has 3 amide bonds. The van der Waals surface area contributed by atoms with Gasteiger partial charge in [0, 0.05) is 5.56 Å². The molecule has 0 unspecified atom stereocenters. The number of imide groups is 1. The van der Waals surface area contributed by atoms with Crippen LogP contribution in [-0.2, 0) is 10.3 Å². The number of carbonyl (C=O) groups is 3. The Kier molecular flexibility index (Phi) is 5.02. The Labute approximate surface area is 191 Å². The number of rotatable bonds is 5. The van der Waals surface area contributed by atoms with Crippen LogP contribution >= 0.6 is 0 Å². The number of benzene rings is 4. The summed E-state index contributed by atoms with van der Waals surface area (Å²) in [6.07, 6.45) is 0. The topological polar surface area (TPSA) is 66.5 Å². The summed E-state index contributed by atoms with van der Waals surface area (Å²) in [6.45, 7) is 1.38. The van der Waals surface area contributed by atoms with Crippen molar-refractivity contribution in [2.75, 3.05) is 6.54 Å². The van der Waals surface area contributed by atoms with Crippen LogP contribution < -0.4 is 5.32 Å². The highest BCUT2D eigenvalue weighted by Gasteiger charge is 2.50. The Bertz CT molecular complexity index is 1370. The summed E-state index contributed by atoms with van der Waals surface area (Å²) >= 11 is 0. The highest BCUT2D eigenvalue weighted by Crippen LogP contribution is 2.34. The van der Waals surface area contributed by atoms with Crippen LogP contribution in [-0.4, -0.2) is 29.2 Å². The quantitative estimate of drug-likeness (QED) is 0.349. The number of carbonyl (C=O) groups excluding carboxylic acids is 3. The van der Waals surface area contributed by atoms with Crippen LogP contribution in [0.5, 0.6) is 0 Å². The lowest BCUT2D eigenvalue weighted by Crippen LogP contribution is -2.41. The summed E-state index contributed by atoms with van der Waals surface area (Å²) in [6, 6.07) is 29.9. The predicted molar refractivity (Wildman–Crippen MR) is 128 cm³/mol. The number of nitrogens with one attached hydrogen (secondary N) is 1. The van der Waals surface area contributed by atoms with Crippen molar-refractivity contribution in [2.24, 2.45) is 0 Å². The van der Waals surface area contributed by atoms with Crippen LogP contribution in [0, 0.1) is 0 Å². The van der Waals surface area contributed by atoms with Gasteiger partial charge in [0.25, 0.3) is 5.91 Å². The molecule has 5 rings (SSSR count). The van der Waals surface area contributed by atoms with Gasteiger partial charge in [0.15, 0.2) is 5.78 Å². The summed E-state index contributed by atoms with van der Waals surface area (Å²) in [4.78, 5) is 40.1. The first-order valence-electron chi connectivity index (χ1n) is 10.8. The van der Waals surface area contributed by atoms with Crippen LogP contribution in [0.1, 0.15) is 22.8 Å². The smallest absolute Gasteiger partial charge is 0.319 e. The molecule has 4 aromatic carbocycles. The minimum Gasteiger partial charge on any atom is -0.319 e. The molecule has 4 aromatic rings. The number of nitrogens with zero attached hydrogens (tertiary/aromatic N) is 1. The second-order valence-corrected chi connectivity index (χ2v) is 8.34. The van der Waals surface area contributed by atoms with Gasteiger partial charge in [-0.05, 0) is 34.4 Å². The van der Waals surface area contributed by atoms with Gasteiger partial charge in [0.2, 0.25) is 0 Å². The number of hydrogen-bond acceptors (Lipinski definition) is 3. The first-order valence-corrected chi connectivity index (χ1v) is 10.8. The molecule has 162 valence electrons. The van der Waals surface area contributed by atoms with Crippen LogP contribution in [0.4, 0.5) is 4.79 Å². The van der Waals surface area contributed by atoms with E-state index in [1.807, 2.05) is 84.9 Å². The molecule has 1 aliphatic rings. The Morgan fingerprint density at radius 1 is 0.788 bits per heavy atom. The highest BCUT2D eigenvalue weighted by atomic mass is 16.2. The van der Waals surface area contributed by atoms with E-state index in [-0.39, 0.29) is 12.3 Å². The van der Waals surface area contributed by atoms with E-state index in [0.29, 0.717) is 11.1 Å². The maximum absolute atomic E-state index is 13.4. The Hall–Kier alpha value is -4.25. The molecule has 33 heavy (non-hydrogen) atoms. The van der Waals surface area contributed by atoms with Crippen molar-refractivity contribution in [3.8, 4) is 11.1 Å². The standard InChI is InChI=1S/C28H22N2O3/c1-28(24-13-7-11-21-10-5-6-12-23(21)24)26(32)30(27(33)29-28)18-25(31)22-16-14-20(15-17-22)19-8-3-2-4-9-19/h2-17H,18H2,1H3,(H,29,33)/t28-/m0/s1. The number of ketones is 1. The third-order valence-corrected chi connectivity index (χ3v) is 6.22. The van der Waals surface area contributed by atoms with E-state index in [9.17, 15) is 14.4 Å². The second kappa shape index (κ2) is 8.02. The fraction of sp³-hybridized carbons (Fsp3) is 0.107. The maximum atomic E-state index is 13.4. The number of Topliss-reactive ketones (excluding diaryl/α,β-unsaturated/α-hetero) is 1. The molecule has 1 heterocycles. The van der Waals surface area contributed by atoms with Crippen LogP contribution in [0.3, 0.4) is 0 Å². The molecular weight excluding hydrogens is 412 g/mol. The van der Waals surface area contributed by atoms with Gasteiger partial charge in [-0.3, -0.25) is 14.5 Å². The third-order valence-electron chi connectivity index (χ3n) is 6.22. The minimum absolute atomic E-state index is 0.291. The van der Waals surface area contributed by atoms with E-state index < -0.39 is 17.5 Å². The van der Waals surface area contributed by atoms with Crippen molar-refractivity contribution in [1.29, 1.82) is 0 Å². The molecule has 0 saturated carbocycles. The molecule has 0 spiro atoms. The van der Waals surface area contributed by atoms with Gasteiger partial charge in [0.1, 0.15) is 5.54 Å². The van der Waals surface area contributed by atoms with Gasteiger partial charge >= 0.3 is 6.03 Å². The largest absolute Gasteiger partial charge is 0.325 e. The minimum atomic E-state index is -1.24. The van der Waals surface area contributed by atoms with Crippen LogP contribution in [0.25, 0.3) is 21.9 Å². The SMILES string of the molecule is C[C@@]1(c2cccc3ccccc23)NC(=O)N(CC(=O)c2ccc(-c3ccccc3)cc2)C1=O. The summed E-state index contributed by atoms with van der Waals surface area (Å²) in [5.41, 5.74) is 1.97. The molecule has 0 aromatic heterocycles. The lowest BCUT2D eigenvalue weighted by atomic mass is 9.87. The lowest BCUT2D eigenvalue weighted by Gasteiger charge is -2.24. The Morgan fingerprint density at radius 2 is 1.42 bits per heavy atom. The van der Waals surface area contributed by atoms with Crippen molar-refractivity contribution in [3.05, 3.63) is 108 Å². The van der Waals surface area contributed by atoms with Crippen molar-refractivity contribution in [3.63, 3.8) is 0 Å². The van der Waals surface area contributed by atoms with E-state index in [4.69, 9.17) is 0 Å². The Morgan fingerprint density at radius 3 is 2.18 bits per heavy atom. The van der Waals surface area contributed by atoms with E-state index in [2.05, 4.69) is 5.32 Å². The summed E-state index contributed by atoms with van der Waals surface area (Å²) in [5, 5.41) is 4.68. The zero-order chi connectivity index (χ0) is 23.0. The van der Waals surface area contributed by atoms with Crippen molar-refractivity contribution in [2.45, 2.75) is 12.5 Å². The number of urea groups is 1. The number of hydrogen-bond donors (Lipinski definition) is 1. The monoisotopic (exact) mass is 434 g/mol. The van der Waals surface area contributed by atoms with Gasteiger partial charge in [-0.25, -0.2) is 4.79 Å². The van der Waals surface area contributed by atoms with E-state index in [0.717, 1.165) is 26.8 Å². The first-order chi connectivity index (χ1) is 16.0. The average molecular weight is 434 g/mol. The van der Waals surface area contributed by atoms with E-state index in [1.165, 1.54) is 0 Å². The summed E-state index contributed by atoms with van der Waals surface area (Å²) < 4.78 is 0. The zero-order valence-corrected chi connectivity index (χ0v) is 18.1. The lowest BCUT2D eigenvalue weighted by molar-refractivity contribution is -0.130. The van der Waals surface area contributed by atoms with Crippen molar-refractivity contribution < 1.29 is 14.4 Å². The molecule has 5 nitrogen and oxygen atoms in total. The normalized spacial score (nSPS) is 17.9. The van der Waals surface area contributed by atoms with Gasteiger partial charge in [-0.1, -0.05) is 97.1 Å². The van der Waals surface area contributed by atoms with Crippen LogP contribution in [0.2, 0.25) is 0 Å². The highest BCUT2D eigenvalue weighted by molar-refractivity contribution is 6.12. The second-order valence-electron chi connectivity index (χ2n) is 8.34. The molecule has 0 aliphatic carbocycles. The summed E-state index contributed by atoms with van der Waals surface area (Å²) in [7, 11) is 0.